The van der Waals surface area contributed by atoms with Gasteiger partial charge in [-0.15, -0.1) is 0 Å². The molecule has 1 unspecified atom stereocenters. The fraction of sp³-hybridized carbons (Fsp3) is 0.706. The Morgan fingerprint density at radius 2 is 1.86 bits per heavy atom. The maximum absolute atomic E-state index is 4.68. The van der Waals surface area contributed by atoms with Crippen molar-refractivity contribution in [3.63, 3.8) is 0 Å². The molecule has 1 N–H and O–H groups in total. The molecule has 120 valence electrons. The molecular formula is C17H32N4. The first-order valence-corrected chi connectivity index (χ1v) is 8.21. The molecule has 4 heteroatoms. The molecule has 4 nitrogen and oxygen atoms in total. The second kappa shape index (κ2) is 9.74. The Morgan fingerprint density at radius 1 is 1.10 bits per heavy atom. The van der Waals surface area contributed by atoms with Gasteiger partial charge in [0.05, 0.1) is 17.6 Å². The van der Waals surface area contributed by atoms with Crippen molar-refractivity contribution in [3.05, 3.63) is 24.0 Å². The maximum atomic E-state index is 4.68. The molecule has 0 fully saturated rings. The fourth-order valence-corrected chi connectivity index (χ4v) is 2.46. The zero-order valence-corrected chi connectivity index (χ0v) is 14.4. The summed E-state index contributed by atoms with van der Waals surface area (Å²) in [5, 5.41) is 3.48. The van der Waals surface area contributed by atoms with Crippen LogP contribution in [0.3, 0.4) is 0 Å². The van der Waals surface area contributed by atoms with Crippen LogP contribution in [0.25, 0.3) is 0 Å². The minimum Gasteiger partial charge on any atom is -0.369 e. The highest BCUT2D eigenvalue weighted by Gasteiger charge is 2.11. The number of nitrogens with zero attached hydrogens (tertiary/aromatic N) is 3. The van der Waals surface area contributed by atoms with Crippen molar-refractivity contribution in [2.75, 3.05) is 45.2 Å². The van der Waals surface area contributed by atoms with E-state index in [4.69, 9.17) is 0 Å². The SMILES string of the molecule is CCCN(CCN(C)C)c1ccc(C(CC)NCC)nc1. The summed E-state index contributed by atoms with van der Waals surface area (Å²) < 4.78 is 0. The maximum Gasteiger partial charge on any atom is 0.0574 e. The Kier molecular flexibility index (Phi) is 8.31. The van der Waals surface area contributed by atoms with Crippen LogP contribution in [0.5, 0.6) is 0 Å². The van der Waals surface area contributed by atoms with Gasteiger partial charge in [0.2, 0.25) is 0 Å². The lowest BCUT2D eigenvalue weighted by Crippen LogP contribution is -2.32. The van der Waals surface area contributed by atoms with Gasteiger partial charge in [-0.05, 0) is 45.6 Å². The van der Waals surface area contributed by atoms with E-state index < -0.39 is 0 Å². The third-order valence-corrected chi connectivity index (χ3v) is 3.66. The molecule has 0 radical (unpaired) electrons. The van der Waals surface area contributed by atoms with Gasteiger partial charge in [0, 0.05) is 25.7 Å². The molecule has 1 rings (SSSR count). The van der Waals surface area contributed by atoms with Gasteiger partial charge < -0.3 is 15.1 Å². The number of nitrogens with one attached hydrogen (secondary N) is 1. The molecular weight excluding hydrogens is 260 g/mol. The predicted molar refractivity (Wildman–Crippen MR) is 92.0 cm³/mol. The molecule has 21 heavy (non-hydrogen) atoms. The average molecular weight is 292 g/mol. The van der Waals surface area contributed by atoms with Crippen LogP contribution in [0.15, 0.2) is 18.3 Å². The standard InChI is InChI=1S/C17H32N4/c1-6-11-21(13-12-20(4)5)15-9-10-17(19-14-15)16(7-2)18-8-3/h9-10,14,16,18H,6-8,11-13H2,1-5H3. The van der Waals surface area contributed by atoms with Crippen molar-refractivity contribution in [3.8, 4) is 0 Å². The molecule has 0 amide bonds. The summed E-state index contributed by atoms with van der Waals surface area (Å²) in [6, 6.07) is 4.75. The lowest BCUT2D eigenvalue weighted by molar-refractivity contribution is 0.413. The minimum atomic E-state index is 0.366. The zero-order chi connectivity index (χ0) is 15.7. The zero-order valence-electron chi connectivity index (χ0n) is 14.4. The van der Waals surface area contributed by atoms with E-state index in [9.17, 15) is 0 Å². The molecule has 1 heterocycles. The van der Waals surface area contributed by atoms with Crippen molar-refractivity contribution in [1.82, 2.24) is 15.2 Å². The largest absolute Gasteiger partial charge is 0.369 e. The third kappa shape index (κ3) is 6.02. The van der Waals surface area contributed by atoms with E-state index in [0.29, 0.717) is 6.04 Å². The summed E-state index contributed by atoms with van der Waals surface area (Å²) in [7, 11) is 4.24. The second-order valence-corrected chi connectivity index (χ2v) is 5.75. The number of hydrogen-bond acceptors (Lipinski definition) is 4. The Labute approximate surface area is 130 Å². The molecule has 0 aliphatic carbocycles. The lowest BCUT2D eigenvalue weighted by Gasteiger charge is -2.26. The highest BCUT2D eigenvalue weighted by Crippen LogP contribution is 2.18. The van der Waals surface area contributed by atoms with E-state index in [1.165, 1.54) is 5.69 Å². The van der Waals surface area contributed by atoms with Gasteiger partial charge in [-0.3, -0.25) is 4.98 Å². The first kappa shape index (κ1) is 17.9. The van der Waals surface area contributed by atoms with E-state index >= 15 is 0 Å². The number of aromatic nitrogens is 1. The highest BCUT2D eigenvalue weighted by atomic mass is 15.2. The van der Waals surface area contributed by atoms with Crippen LogP contribution < -0.4 is 10.2 Å². The van der Waals surface area contributed by atoms with Crippen molar-refractivity contribution in [2.24, 2.45) is 0 Å². The first-order chi connectivity index (χ1) is 10.1. The Balaban J connectivity index is 2.76. The van der Waals surface area contributed by atoms with Crippen molar-refractivity contribution in [2.45, 2.75) is 39.7 Å². The average Bonchev–Trinajstić information content (AvgIpc) is 2.49. The summed E-state index contributed by atoms with van der Waals surface area (Å²) in [6.45, 7) is 10.7. The van der Waals surface area contributed by atoms with E-state index in [2.05, 4.69) is 67.1 Å². The van der Waals surface area contributed by atoms with Crippen molar-refractivity contribution < 1.29 is 0 Å². The van der Waals surface area contributed by atoms with Crippen molar-refractivity contribution in [1.29, 1.82) is 0 Å². The Bertz CT molecular complexity index is 375. The molecule has 0 saturated carbocycles. The van der Waals surface area contributed by atoms with Gasteiger partial charge in [0.1, 0.15) is 0 Å². The molecule has 0 bridgehead atoms. The number of rotatable bonds is 10. The molecule has 0 aromatic carbocycles. The molecule has 1 aromatic rings. The summed E-state index contributed by atoms with van der Waals surface area (Å²) in [6.07, 6.45) is 4.25. The van der Waals surface area contributed by atoms with E-state index in [0.717, 1.165) is 44.7 Å². The van der Waals surface area contributed by atoms with E-state index in [1.54, 1.807) is 0 Å². The van der Waals surface area contributed by atoms with Crippen LogP contribution in [0, 0.1) is 0 Å². The molecule has 1 aromatic heterocycles. The molecule has 0 aliphatic heterocycles. The minimum absolute atomic E-state index is 0.366. The Morgan fingerprint density at radius 3 is 2.33 bits per heavy atom. The molecule has 0 saturated heterocycles. The van der Waals surface area contributed by atoms with Crippen molar-refractivity contribution >= 4 is 5.69 Å². The summed E-state index contributed by atoms with van der Waals surface area (Å²) in [5.74, 6) is 0. The normalized spacial score (nSPS) is 12.7. The number of hydrogen-bond donors (Lipinski definition) is 1. The summed E-state index contributed by atoms with van der Waals surface area (Å²) in [5.41, 5.74) is 2.38. The molecule has 0 aliphatic rings. The van der Waals surface area contributed by atoms with Crippen LogP contribution in [-0.2, 0) is 0 Å². The molecule has 1 atom stereocenters. The van der Waals surface area contributed by atoms with Crippen LogP contribution >= 0.6 is 0 Å². The van der Waals surface area contributed by atoms with Crippen LogP contribution in [0.2, 0.25) is 0 Å². The monoisotopic (exact) mass is 292 g/mol. The van der Waals surface area contributed by atoms with Gasteiger partial charge in [-0.2, -0.15) is 0 Å². The number of pyridine rings is 1. The first-order valence-electron chi connectivity index (χ1n) is 8.21. The topological polar surface area (TPSA) is 31.4 Å². The van der Waals surface area contributed by atoms with Gasteiger partial charge in [0.25, 0.3) is 0 Å². The van der Waals surface area contributed by atoms with Crippen LogP contribution in [0.4, 0.5) is 5.69 Å². The van der Waals surface area contributed by atoms with E-state index in [-0.39, 0.29) is 0 Å². The second-order valence-electron chi connectivity index (χ2n) is 5.75. The lowest BCUT2D eigenvalue weighted by atomic mass is 10.1. The third-order valence-electron chi connectivity index (χ3n) is 3.66. The quantitative estimate of drug-likeness (QED) is 0.718. The Hall–Kier alpha value is -1.13. The highest BCUT2D eigenvalue weighted by molar-refractivity contribution is 5.44. The smallest absolute Gasteiger partial charge is 0.0574 e. The predicted octanol–water partition coefficient (Wildman–Crippen LogP) is 2.92. The number of likely N-dealkylation sites (N-methyl/N-ethyl adjacent to an activating group) is 1. The summed E-state index contributed by atoms with van der Waals surface area (Å²) in [4.78, 5) is 9.33. The van der Waals surface area contributed by atoms with Crippen LogP contribution in [0.1, 0.15) is 45.3 Å². The van der Waals surface area contributed by atoms with Gasteiger partial charge in [-0.25, -0.2) is 0 Å². The molecule has 0 spiro atoms. The fourth-order valence-electron chi connectivity index (χ4n) is 2.46. The summed E-state index contributed by atoms with van der Waals surface area (Å²) >= 11 is 0. The van der Waals surface area contributed by atoms with E-state index in [1.807, 2.05) is 6.20 Å². The van der Waals surface area contributed by atoms with Crippen LogP contribution in [-0.4, -0.2) is 50.2 Å². The number of anilines is 1. The van der Waals surface area contributed by atoms with Gasteiger partial charge in [0.15, 0.2) is 0 Å². The van der Waals surface area contributed by atoms with Gasteiger partial charge >= 0.3 is 0 Å². The van der Waals surface area contributed by atoms with Gasteiger partial charge in [-0.1, -0.05) is 20.8 Å².